The molecule has 0 radical (unpaired) electrons. The van der Waals surface area contributed by atoms with Gasteiger partial charge in [0.05, 0.1) is 26.0 Å². The first-order valence-corrected chi connectivity index (χ1v) is 9.92. The highest BCUT2D eigenvalue weighted by molar-refractivity contribution is 9.10. The van der Waals surface area contributed by atoms with Crippen LogP contribution in [0.15, 0.2) is 76.3 Å². The van der Waals surface area contributed by atoms with E-state index in [1.807, 2.05) is 6.07 Å². The molecule has 3 aromatic rings. The summed E-state index contributed by atoms with van der Waals surface area (Å²) < 4.78 is 16.6. The van der Waals surface area contributed by atoms with E-state index in [2.05, 4.69) is 26.5 Å². The van der Waals surface area contributed by atoms with Gasteiger partial charge in [-0.1, -0.05) is 22.0 Å². The second-order valence-corrected chi connectivity index (χ2v) is 7.15. The average molecular weight is 483 g/mol. The van der Waals surface area contributed by atoms with Crippen molar-refractivity contribution in [3.05, 3.63) is 87.9 Å². The van der Waals surface area contributed by atoms with Crippen LogP contribution in [-0.2, 0) is 0 Å². The summed E-state index contributed by atoms with van der Waals surface area (Å²) in [6, 6.07) is 18.5. The van der Waals surface area contributed by atoms with E-state index in [9.17, 15) is 9.59 Å². The largest absolute Gasteiger partial charge is 0.497 e. The third-order valence-electron chi connectivity index (χ3n) is 4.18. The molecule has 7 nitrogen and oxygen atoms in total. The van der Waals surface area contributed by atoms with E-state index >= 15 is 0 Å². The van der Waals surface area contributed by atoms with E-state index in [0.29, 0.717) is 28.2 Å². The Morgan fingerprint density at radius 3 is 2.35 bits per heavy atom. The molecule has 0 aliphatic rings. The number of hydrogen-bond donors (Lipinski definition) is 1. The molecule has 0 saturated carbocycles. The van der Waals surface area contributed by atoms with Crippen molar-refractivity contribution >= 4 is 34.0 Å². The van der Waals surface area contributed by atoms with Crippen molar-refractivity contribution in [2.45, 2.75) is 0 Å². The van der Waals surface area contributed by atoms with E-state index in [-0.39, 0.29) is 11.7 Å². The summed E-state index contributed by atoms with van der Waals surface area (Å²) in [7, 11) is 3.02. The molecule has 3 rings (SSSR count). The van der Waals surface area contributed by atoms with Crippen LogP contribution in [0.4, 0.5) is 0 Å². The maximum absolute atomic E-state index is 12.4. The molecule has 3 aromatic carbocycles. The summed E-state index contributed by atoms with van der Waals surface area (Å²) in [6.07, 6.45) is 1.47. The zero-order valence-corrected chi connectivity index (χ0v) is 18.4. The Morgan fingerprint density at radius 1 is 0.903 bits per heavy atom. The number of hydrogen-bond acceptors (Lipinski definition) is 6. The van der Waals surface area contributed by atoms with Crippen molar-refractivity contribution in [2.75, 3.05) is 14.2 Å². The number of nitrogens with one attached hydrogen (secondary N) is 1. The van der Waals surface area contributed by atoms with Crippen LogP contribution in [0, 0.1) is 0 Å². The number of nitrogens with zero attached hydrogens (tertiary/aromatic N) is 1. The lowest BCUT2D eigenvalue weighted by molar-refractivity contribution is 0.0729. The van der Waals surface area contributed by atoms with Gasteiger partial charge in [-0.25, -0.2) is 10.2 Å². The lowest BCUT2D eigenvalue weighted by atomic mass is 10.2. The van der Waals surface area contributed by atoms with Crippen molar-refractivity contribution in [1.29, 1.82) is 0 Å². The summed E-state index contributed by atoms with van der Waals surface area (Å²) in [5, 5.41) is 3.96. The number of rotatable bonds is 7. The number of esters is 1. The second-order valence-electron chi connectivity index (χ2n) is 6.24. The predicted octanol–water partition coefficient (Wildman–Crippen LogP) is 4.45. The summed E-state index contributed by atoms with van der Waals surface area (Å²) in [6.45, 7) is 0. The topological polar surface area (TPSA) is 86.2 Å². The maximum atomic E-state index is 12.4. The van der Waals surface area contributed by atoms with Crippen LogP contribution >= 0.6 is 15.9 Å². The van der Waals surface area contributed by atoms with Crippen molar-refractivity contribution in [3.8, 4) is 17.2 Å². The predicted molar refractivity (Wildman–Crippen MR) is 120 cm³/mol. The molecule has 0 aromatic heterocycles. The van der Waals surface area contributed by atoms with Gasteiger partial charge in [-0.05, 0) is 66.2 Å². The Hall–Kier alpha value is -3.65. The van der Waals surface area contributed by atoms with Crippen molar-refractivity contribution < 1.29 is 23.8 Å². The second kappa shape index (κ2) is 10.4. The van der Waals surface area contributed by atoms with Crippen molar-refractivity contribution in [2.24, 2.45) is 5.10 Å². The minimum absolute atomic E-state index is 0.263. The molecule has 1 N–H and O–H groups in total. The first kappa shape index (κ1) is 22.0. The Morgan fingerprint density at radius 2 is 1.68 bits per heavy atom. The summed E-state index contributed by atoms with van der Waals surface area (Å²) in [4.78, 5) is 24.5. The van der Waals surface area contributed by atoms with Gasteiger partial charge in [0, 0.05) is 10.0 Å². The number of carbonyl (C=O) groups excluding carboxylic acids is 2. The molecule has 0 heterocycles. The van der Waals surface area contributed by atoms with Crippen LogP contribution in [0.3, 0.4) is 0 Å². The molecule has 1 amide bonds. The molecule has 0 saturated heterocycles. The molecule has 8 heteroatoms. The Labute approximate surface area is 187 Å². The average Bonchev–Trinajstić information content (AvgIpc) is 2.79. The minimum Gasteiger partial charge on any atom is -0.497 e. The van der Waals surface area contributed by atoms with E-state index in [1.165, 1.54) is 13.3 Å². The standard InChI is InChI=1S/C23H19BrN2O5/c1-29-19-9-7-16(8-10-19)23(28)31-20-11-6-15(12-21(20)30-2)14-25-26-22(27)17-4-3-5-18(24)13-17/h3-14H,1-2H3,(H,26,27)/b25-14-. The van der Waals surface area contributed by atoms with Crippen LogP contribution in [0.5, 0.6) is 17.2 Å². The maximum Gasteiger partial charge on any atom is 0.343 e. The zero-order valence-electron chi connectivity index (χ0n) is 16.8. The number of carbonyl (C=O) groups is 2. The van der Waals surface area contributed by atoms with Gasteiger partial charge in [-0.15, -0.1) is 0 Å². The zero-order chi connectivity index (χ0) is 22.2. The van der Waals surface area contributed by atoms with Gasteiger partial charge in [0.2, 0.25) is 0 Å². The fourth-order valence-corrected chi connectivity index (χ4v) is 2.99. The van der Waals surface area contributed by atoms with Crippen LogP contribution in [0.2, 0.25) is 0 Å². The third kappa shape index (κ3) is 5.93. The van der Waals surface area contributed by atoms with Gasteiger partial charge in [0.15, 0.2) is 11.5 Å². The monoisotopic (exact) mass is 482 g/mol. The van der Waals surface area contributed by atoms with Crippen molar-refractivity contribution in [1.82, 2.24) is 5.43 Å². The molecular formula is C23H19BrN2O5. The highest BCUT2D eigenvalue weighted by atomic mass is 79.9. The molecule has 158 valence electrons. The fraction of sp³-hybridized carbons (Fsp3) is 0.0870. The van der Waals surface area contributed by atoms with Gasteiger partial charge in [0.1, 0.15) is 5.75 Å². The first-order chi connectivity index (χ1) is 15.0. The number of halogens is 1. The molecule has 0 aliphatic heterocycles. The molecule has 0 fully saturated rings. The SMILES string of the molecule is COc1ccc(C(=O)Oc2ccc(/C=N\NC(=O)c3cccc(Br)c3)cc2OC)cc1. The summed E-state index contributed by atoms with van der Waals surface area (Å²) >= 11 is 3.32. The normalized spacial score (nSPS) is 10.5. The van der Waals surface area contributed by atoms with Crippen molar-refractivity contribution in [3.63, 3.8) is 0 Å². The van der Waals surface area contributed by atoms with E-state index in [1.54, 1.807) is 67.8 Å². The van der Waals surface area contributed by atoms with Crippen LogP contribution in [0.25, 0.3) is 0 Å². The molecule has 0 spiro atoms. The molecule has 0 aliphatic carbocycles. The van der Waals surface area contributed by atoms with Crippen LogP contribution in [-0.4, -0.2) is 32.3 Å². The number of amides is 1. The molecule has 0 bridgehead atoms. The highest BCUT2D eigenvalue weighted by Gasteiger charge is 2.13. The van der Waals surface area contributed by atoms with Gasteiger partial charge < -0.3 is 14.2 Å². The summed E-state index contributed by atoms with van der Waals surface area (Å²) in [5.74, 6) is 0.394. The van der Waals surface area contributed by atoms with E-state index < -0.39 is 5.97 Å². The molecule has 0 unspecified atom stereocenters. The van der Waals surface area contributed by atoms with Gasteiger partial charge >= 0.3 is 5.97 Å². The Bertz CT molecular complexity index is 1110. The number of hydrazone groups is 1. The Balaban J connectivity index is 1.66. The van der Waals surface area contributed by atoms with E-state index in [0.717, 1.165) is 4.47 Å². The molecule has 31 heavy (non-hydrogen) atoms. The first-order valence-electron chi connectivity index (χ1n) is 9.13. The number of benzene rings is 3. The smallest absolute Gasteiger partial charge is 0.343 e. The Kier molecular flexibility index (Phi) is 7.40. The van der Waals surface area contributed by atoms with Crippen LogP contribution in [0.1, 0.15) is 26.3 Å². The number of ether oxygens (including phenoxy) is 3. The fourth-order valence-electron chi connectivity index (χ4n) is 2.59. The third-order valence-corrected chi connectivity index (χ3v) is 4.68. The minimum atomic E-state index is -0.524. The van der Waals surface area contributed by atoms with Gasteiger partial charge in [0.25, 0.3) is 5.91 Å². The van der Waals surface area contributed by atoms with Crippen LogP contribution < -0.4 is 19.6 Å². The van der Waals surface area contributed by atoms with E-state index in [4.69, 9.17) is 14.2 Å². The van der Waals surface area contributed by atoms with Gasteiger partial charge in [-0.3, -0.25) is 4.79 Å². The lowest BCUT2D eigenvalue weighted by Crippen LogP contribution is -2.17. The molecule has 0 atom stereocenters. The number of methoxy groups -OCH3 is 2. The quantitative estimate of drug-likeness (QED) is 0.232. The molecular weight excluding hydrogens is 464 g/mol. The highest BCUT2D eigenvalue weighted by Crippen LogP contribution is 2.28. The summed E-state index contributed by atoms with van der Waals surface area (Å²) in [5.41, 5.74) is 3.97. The lowest BCUT2D eigenvalue weighted by Gasteiger charge is -2.10. The van der Waals surface area contributed by atoms with Gasteiger partial charge in [-0.2, -0.15) is 5.10 Å².